The summed E-state index contributed by atoms with van der Waals surface area (Å²) in [5.41, 5.74) is 0. The molecule has 0 amide bonds. The number of fused-ring (bicyclic) bond motifs is 11. The lowest BCUT2D eigenvalue weighted by atomic mass is 9.69. The Morgan fingerprint density at radius 2 is 1.03 bits per heavy atom. The lowest BCUT2D eigenvalue weighted by Gasteiger charge is -2.47. The summed E-state index contributed by atoms with van der Waals surface area (Å²) in [7, 11) is 0. The second-order valence-corrected chi connectivity index (χ2v) is 12.7. The molecule has 6 atom stereocenters. The Labute approximate surface area is 213 Å². The minimum Gasteiger partial charge on any atom is -0.303 e. The maximum atomic E-state index is 2.94. The first-order valence-electron chi connectivity index (χ1n) is 16.0. The van der Waals surface area contributed by atoms with E-state index >= 15 is 0 Å². The van der Waals surface area contributed by atoms with Gasteiger partial charge in [-0.15, -0.1) is 0 Å². The predicted octanol–water partition coefficient (Wildman–Crippen LogP) is 8.47. The molecule has 0 radical (unpaired) electrons. The maximum Gasteiger partial charge on any atom is 0.00127 e. The zero-order chi connectivity index (χ0) is 23.3. The van der Waals surface area contributed by atoms with Crippen molar-refractivity contribution in [3.8, 4) is 0 Å². The average Bonchev–Trinajstić information content (AvgIpc) is 2.85. The van der Waals surface area contributed by atoms with Gasteiger partial charge in [-0.1, -0.05) is 76.4 Å². The van der Waals surface area contributed by atoms with Gasteiger partial charge in [0.2, 0.25) is 0 Å². The van der Waals surface area contributed by atoms with E-state index in [0.29, 0.717) is 0 Å². The Balaban J connectivity index is 1.45. The molecule has 4 fully saturated rings. The smallest absolute Gasteiger partial charge is 0.00127 e. The van der Waals surface area contributed by atoms with E-state index in [1.54, 1.807) is 6.42 Å². The predicted molar refractivity (Wildman–Crippen MR) is 148 cm³/mol. The maximum absolute atomic E-state index is 2.94. The summed E-state index contributed by atoms with van der Waals surface area (Å²) in [6, 6.07) is 0. The Bertz CT molecular complexity index is 557. The van der Waals surface area contributed by atoms with Gasteiger partial charge in [-0.3, -0.25) is 0 Å². The molecular weight excluding hydrogens is 412 g/mol. The van der Waals surface area contributed by atoms with Crippen LogP contribution in [0.15, 0.2) is 12.2 Å². The summed E-state index contributed by atoms with van der Waals surface area (Å²) in [6.07, 6.45) is 34.1. The molecule has 0 aliphatic carbocycles. The molecule has 5 rings (SSSR count). The summed E-state index contributed by atoms with van der Waals surface area (Å²) in [5.74, 6) is 3.95. The fraction of sp³-hybridized carbons (Fsp3) is 0.938. The van der Waals surface area contributed by atoms with Crippen molar-refractivity contribution in [2.24, 2.45) is 23.7 Å². The molecule has 0 aromatic rings. The second-order valence-electron chi connectivity index (χ2n) is 12.7. The molecule has 5 aliphatic rings. The normalized spacial score (nSPS) is 39.3. The van der Waals surface area contributed by atoms with Crippen LogP contribution in [0.3, 0.4) is 0 Å². The first kappa shape index (κ1) is 26.7. The van der Waals surface area contributed by atoms with Crippen LogP contribution in [0.5, 0.6) is 0 Å². The van der Waals surface area contributed by atoms with E-state index in [0.717, 1.165) is 23.7 Å². The molecule has 0 saturated carbocycles. The fourth-order valence-electron chi connectivity index (χ4n) is 7.99. The van der Waals surface area contributed by atoms with Crippen LogP contribution in [-0.2, 0) is 0 Å². The summed E-state index contributed by atoms with van der Waals surface area (Å²) < 4.78 is 0. The van der Waals surface area contributed by atoms with E-state index in [1.807, 2.05) is 0 Å². The van der Waals surface area contributed by atoms with E-state index in [-0.39, 0.29) is 0 Å². The van der Waals surface area contributed by atoms with E-state index in [1.165, 1.54) is 161 Å². The van der Waals surface area contributed by atoms with Crippen molar-refractivity contribution >= 4 is 0 Å². The van der Waals surface area contributed by atoms with Crippen molar-refractivity contribution in [1.82, 2.24) is 9.80 Å². The Kier molecular flexibility index (Phi) is 12.3. The van der Waals surface area contributed by atoms with Gasteiger partial charge in [0.1, 0.15) is 0 Å². The first-order chi connectivity index (χ1) is 16.9. The van der Waals surface area contributed by atoms with Crippen LogP contribution in [0.1, 0.15) is 128 Å². The third-order valence-electron chi connectivity index (χ3n) is 9.92. The molecule has 0 aromatic heterocycles. The summed E-state index contributed by atoms with van der Waals surface area (Å²) in [4.78, 5) is 5.84. The molecule has 6 bridgehead atoms. The second kappa shape index (κ2) is 15.7. The average molecular weight is 471 g/mol. The quantitative estimate of drug-likeness (QED) is 0.328. The van der Waals surface area contributed by atoms with E-state index < -0.39 is 0 Å². The molecule has 34 heavy (non-hydrogen) atoms. The fourth-order valence-corrected chi connectivity index (χ4v) is 7.99. The molecule has 4 saturated heterocycles. The van der Waals surface area contributed by atoms with Crippen LogP contribution < -0.4 is 0 Å². The first-order valence-corrected chi connectivity index (χ1v) is 16.0. The number of rotatable bonds is 0. The molecule has 2 nitrogen and oxygen atoms in total. The highest BCUT2D eigenvalue weighted by Crippen LogP contribution is 2.40. The third kappa shape index (κ3) is 9.27. The topological polar surface area (TPSA) is 6.48 Å². The number of hydrogen-bond donors (Lipinski definition) is 0. The van der Waals surface area contributed by atoms with Gasteiger partial charge < -0.3 is 9.80 Å². The molecule has 0 spiro atoms. The van der Waals surface area contributed by atoms with Crippen molar-refractivity contribution in [2.45, 2.75) is 128 Å². The Morgan fingerprint density at radius 3 is 1.85 bits per heavy atom. The van der Waals surface area contributed by atoms with Crippen LogP contribution in [0.25, 0.3) is 0 Å². The molecule has 0 N–H and O–H groups in total. The third-order valence-corrected chi connectivity index (χ3v) is 9.92. The van der Waals surface area contributed by atoms with Gasteiger partial charge in [-0.2, -0.15) is 0 Å². The minimum atomic E-state index is 0.977. The van der Waals surface area contributed by atoms with Crippen molar-refractivity contribution < 1.29 is 0 Å². The highest BCUT2D eigenvalue weighted by Gasteiger charge is 2.38. The van der Waals surface area contributed by atoms with Crippen molar-refractivity contribution in [1.29, 1.82) is 0 Å². The van der Waals surface area contributed by atoms with Gasteiger partial charge in [0.25, 0.3) is 0 Å². The van der Waals surface area contributed by atoms with Crippen molar-refractivity contribution in [3.63, 3.8) is 0 Å². The summed E-state index contributed by atoms with van der Waals surface area (Å²) in [5, 5.41) is 0. The molecule has 2 heteroatoms. The van der Waals surface area contributed by atoms with Gasteiger partial charge in [0.15, 0.2) is 0 Å². The highest BCUT2D eigenvalue weighted by atomic mass is 15.1. The zero-order valence-corrected chi connectivity index (χ0v) is 22.7. The van der Waals surface area contributed by atoms with Gasteiger partial charge in [-0.25, -0.2) is 0 Å². The van der Waals surface area contributed by atoms with E-state index in [2.05, 4.69) is 22.0 Å². The number of nitrogens with zero attached hydrogens (tertiary/aromatic N) is 2. The van der Waals surface area contributed by atoms with Crippen LogP contribution in [-0.4, -0.2) is 49.1 Å². The van der Waals surface area contributed by atoms with Gasteiger partial charge in [0.05, 0.1) is 0 Å². The molecule has 0 aromatic carbocycles. The minimum absolute atomic E-state index is 0.977. The molecule has 5 heterocycles. The standard InChI is InChI=1S/C32H58N2/c1-2-5-10-14-18-23-34-26-29-19-15-11-7-4-6-9-13-17-22-33-24-21-32(31(25-29)28-34)30(27-33)20-16-12-8-3-1/h2,5,29-32H,1,3-4,6-28H2/b5-2-/t29-,30-,31-,32+/m1/s1. The number of allylic oxidation sites excluding steroid dienone is 2. The van der Waals surface area contributed by atoms with Crippen LogP contribution in [0, 0.1) is 23.7 Å². The zero-order valence-electron chi connectivity index (χ0n) is 22.7. The van der Waals surface area contributed by atoms with Crippen molar-refractivity contribution in [2.75, 3.05) is 39.3 Å². The highest BCUT2D eigenvalue weighted by molar-refractivity contribution is 4.90. The monoisotopic (exact) mass is 470 g/mol. The molecule has 196 valence electrons. The largest absolute Gasteiger partial charge is 0.303 e. The van der Waals surface area contributed by atoms with Gasteiger partial charge in [0, 0.05) is 19.6 Å². The summed E-state index contributed by atoms with van der Waals surface area (Å²) >= 11 is 0. The molecule has 2 unspecified atom stereocenters. The van der Waals surface area contributed by atoms with Crippen LogP contribution in [0.4, 0.5) is 0 Å². The summed E-state index contributed by atoms with van der Waals surface area (Å²) in [6.45, 7) is 8.41. The van der Waals surface area contributed by atoms with Gasteiger partial charge in [-0.05, 0) is 108 Å². The number of hydrogen-bond acceptors (Lipinski definition) is 2. The lowest BCUT2D eigenvalue weighted by Crippen LogP contribution is -2.49. The van der Waals surface area contributed by atoms with Gasteiger partial charge >= 0.3 is 0 Å². The Hall–Kier alpha value is -0.340. The SMILES string of the molecule is C1=C\CCCCN2C[C@@H]3CCCCCCCCCCN4CC[C@@H]([C@H](CCCCCC/1)C4)[C@H](C3)C2. The van der Waals surface area contributed by atoms with E-state index in [4.69, 9.17) is 0 Å². The van der Waals surface area contributed by atoms with Crippen LogP contribution in [0.2, 0.25) is 0 Å². The lowest BCUT2D eigenvalue weighted by molar-refractivity contribution is 0.0185. The Morgan fingerprint density at radius 1 is 0.441 bits per heavy atom. The molecular formula is C32H58N2. The van der Waals surface area contributed by atoms with Crippen LogP contribution >= 0.6 is 0 Å². The van der Waals surface area contributed by atoms with E-state index in [9.17, 15) is 0 Å². The molecule has 5 aliphatic heterocycles. The number of piperidine rings is 2. The van der Waals surface area contributed by atoms with Crippen molar-refractivity contribution in [3.05, 3.63) is 12.2 Å².